The average molecular weight is 302 g/mol. The maximum Gasteiger partial charge on any atom is 0.300 e. The van der Waals surface area contributed by atoms with Crippen LogP contribution in [0.2, 0.25) is 5.02 Å². The second-order valence-electron chi connectivity index (χ2n) is 4.54. The number of nitrogens with zero attached hydrogens (tertiary/aromatic N) is 3. The molecule has 0 amide bonds. The SMILES string of the molecule is COc1nc2nc(-c3ccc(Cl)cc3)ccc2c(=O)n1C. The molecule has 0 saturated carbocycles. The van der Waals surface area contributed by atoms with E-state index >= 15 is 0 Å². The molecule has 21 heavy (non-hydrogen) atoms. The minimum atomic E-state index is -0.188. The van der Waals surface area contributed by atoms with Crippen LogP contribution in [0.15, 0.2) is 41.2 Å². The van der Waals surface area contributed by atoms with Gasteiger partial charge >= 0.3 is 6.01 Å². The van der Waals surface area contributed by atoms with Gasteiger partial charge in [-0.3, -0.25) is 9.36 Å². The maximum absolute atomic E-state index is 12.2. The molecule has 3 rings (SSSR count). The molecule has 0 atom stereocenters. The van der Waals surface area contributed by atoms with Gasteiger partial charge in [0.05, 0.1) is 18.2 Å². The topological polar surface area (TPSA) is 57.0 Å². The molecule has 2 heterocycles. The van der Waals surface area contributed by atoms with E-state index < -0.39 is 0 Å². The van der Waals surface area contributed by atoms with Gasteiger partial charge in [0.15, 0.2) is 5.65 Å². The first-order valence-electron chi connectivity index (χ1n) is 6.28. The van der Waals surface area contributed by atoms with E-state index in [0.29, 0.717) is 16.1 Å². The summed E-state index contributed by atoms with van der Waals surface area (Å²) in [5, 5.41) is 1.12. The van der Waals surface area contributed by atoms with Gasteiger partial charge in [0, 0.05) is 17.6 Å². The number of ether oxygens (including phenoxy) is 1. The summed E-state index contributed by atoms with van der Waals surface area (Å²) in [5.74, 6) is 0. The minimum Gasteiger partial charge on any atom is -0.468 e. The van der Waals surface area contributed by atoms with E-state index in [1.807, 2.05) is 12.1 Å². The van der Waals surface area contributed by atoms with E-state index in [2.05, 4.69) is 9.97 Å². The van der Waals surface area contributed by atoms with E-state index in [-0.39, 0.29) is 11.6 Å². The lowest BCUT2D eigenvalue weighted by Gasteiger charge is -2.08. The number of fused-ring (bicyclic) bond motifs is 1. The predicted molar refractivity (Wildman–Crippen MR) is 81.8 cm³/mol. The molecule has 0 aliphatic heterocycles. The molecule has 2 aromatic heterocycles. The highest BCUT2D eigenvalue weighted by Crippen LogP contribution is 2.21. The smallest absolute Gasteiger partial charge is 0.300 e. The molecule has 106 valence electrons. The van der Waals surface area contributed by atoms with Crippen molar-refractivity contribution in [1.29, 1.82) is 0 Å². The van der Waals surface area contributed by atoms with E-state index in [9.17, 15) is 4.79 Å². The zero-order valence-electron chi connectivity index (χ0n) is 11.5. The second kappa shape index (κ2) is 5.18. The van der Waals surface area contributed by atoms with E-state index in [0.717, 1.165) is 11.3 Å². The third kappa shape index (κ3) is 2.36. The van der Waals surface area contributed by atoms with Gasteiger partial charge in [-0.05, 0) is 24.3 Å². The van der Waals surface area contributed by atoms with Crippen molar-refractivity contribution in [2.24, 2.45) is 7.05 Å². The van der Waals surface area contributed by atoms with Crippen molar-refractivity contribution in [2.45, 2.75) is 0 Å². The molecule has 0 bridgehead atoms. The Morgan fingerprint density at radius 3 is 2.48 bits per heavy atom. The van der Waals surface area contributed by atoms with Crippen LogP contribution in [0.3, 0.4) is 0 Å². The first-order valence-corrected chi connectivity index (χ1v) is 6.65. The predicted octanol–water partition coefficient (Wildman–Crippen LogP) is 2.66. The molecule has 0 spiro atoms. The van der Waals surface area contributed by atoms with Gasteiger partial charge in [-0.1, -0.05) is 23.7 Å². The Labute approximate surface area is 125 Å². The van der Waals surface area contributed by atoms with E-state index in [4.69, 9.17) is 16.3 Å². The normalized spacial score (nSPS) is 10.8. The molecular weight excluding hydrogens is 290 g/mol. The van der Waals surface area contributed by atoms with Gasteiger partial charge in [0.2, 0.25) is 0 Å². The largest absolute Gasteiger partial charge is 0.468 e. The van der Waals surface area contributed by atoms with Crippen LogP contribution < -0.4 is 10.3 Å². The molecule has 0 aliphatic carbocycles. The van der Waals surface area contributed by atoms with Gasteiger partial charge in [-0.25, -0.2) is 4.98 Å². The Balaban J connectivity index is 2.22. The summed E-state index contributed by atoms with van der Waals surface area (Å²) in [7, 11) is 3.08. The average Bonchev–Trinajstić information content (AvgIpc) is 2.51. The first kappa shape index (κ1) is 13.6. The van der Waals surface area contributed by atoms with Crippen molar-refractivity contribution in [3.8, 4) is 17.3 Å². The molecule has 0 unspecified atom stereocenters. The number of aromatic nitrogens is 3. The summed E-state index contributed by atoms with van der Waals surface area (Å²) in [6.07, 6.45) is 0. The standard InChI is InChI=1S/C15H12ClN3O2/c1-19-14(20)11-7-8-12(9-3-5-10(16)6-4-9)17-13(11)18-15(19)21-2/h3-8H,1-2H3. The number of benzene rings is 1. The monoisotopic (exact) mass is 301 g/mol. The molecule has 1 aromatic carbocycles. The summed E-state index contributed by atoms with van der Waals surface area (Å²) in [6.45, 7) is 0. The fraction of sp³-hybridized carbons (Fsp3) is 0.133. The van der Waals surface area contributed by atoms with Crippen molar-refractivity contribution in [2.75, 3.05) is 7.11 Å². The molecule has 0 radical (unpaired) electrons. The highest BCUT2D eigenvalue weighted by atomic mass is 35.5. The van der Waals surface area contributed by atoms with Crippen LogP contribution >= 0.6 is 11.6 Å². The number of rotatable bonds is 2. The van der Waals surface area contributed by atoms with Gasteiger partial charge in [-0.15, -0.1) is 0 Å². The number of methoxy groups -OCH3 is 1. The number of hydrogen-bond acceptors (Lipinski definition) is 4. The second-order valence-corrected chi connectivity index (χ2v) is 4.97. The Morgan fingerprint density at radius 1 is 1.10 bits per heavy atom. The Kier molecular flexibility index (Phi) is 3.35. The fourth-order valence-corrected chi connectivity index (χ4v) is 2.22. The van der Waals surface area contributed by atoms with Crippen LogP contribution in [0.25, 0.3) is 22.3 Å². The Morgan fingerprint density at radius 2 is 1.81 bits per heavy atom. The fourth-order valence-electron chi connectivity index (χ4n) is 2.10. The number of halogens is 1. The first-order chi connectivity index (χ1) is 10.1. The molecule has 5 nitrogen and oxygen atoms in total. The minimum absolute atomic E-state index is 0.188. The molecule has 0 saturated heterocycles. The Hall–Kier alpha value is -2.40. The highest BCUT2D eigenvalue weighted by Gasteiger charge is 2.10. The lowest BCUT2D eigenvalue weighted by molar-refractivity contribution is 0.359. The third-order valence-corrected chi connectivity index (χ3v) is 3.47. The summed E-state index contributed by atoms with van der Waals surface area (Å²) in [4.78, 5) is 20.9. The summed E-state index contributed by atoms with van der Waals surface area (Å²) < 4.78 is 6.44. The van der Waals surface area contributed by atoms with Gasteiger partial charge in [-0.2, -0.15) is 4.98 Å². The molecule has 6 heteroatoms. The molecule has 0 aliphatic rings. The Bertz CT molecular complexity index is 872. The summed E-state index contributed by atoms with van der Waals surface area (Å²) in [5.41, 5.74) is 1.80. The van der Waals surface area contributed by atoms with Crippen molar-refractivity contribution >= 4 is 22.6 Å². The quantitative estimate of drug-likeness (QED) is 0.730. The number of hydrogen-bond donors (Lipinski definition) is 0. The molecule has 0 N–H and O–H groups in total. The maximum atomic E-state index is 12.2. The lowest BCUT2D eigenvalue weighted by Crippen LogP contribution is -2.20. The van der Waals surface area contributed by atoms with Crippen LogP contribution in [0.4, 0.5) is 0 Å². The van der Waals surface area contributed by atoms with Crippen LogP contribution in [0.5, 0.6) is 6.01 Å². The van der Waals surface area contributed by atoms with E-state index in [1.165, 1.54) is 11.7 Å². The summed E-state index contributed by atoms with van der Waals surface area (Å²) in [6, 6.07) is 11.1. The van der Waals surface area contributed by atoms with Gasteiger partial charge in [0.1, 0.15) is 0 Å². The molecule has 0 fully saturated rings. The molecule has 3 aromatic rings. The van der Waals surface area contributed by atoms with Crippen molar-refractivity contribution < 1.29 is 4.74 Å². The van der Waals surface area contributed by atoms with Crippen molar-refractivity contribution in [3.63, 3.8) is 0 Å². The van der Waals surface area contributed by atoms with Crippen LogP contribution in [-0.2, 0) is 7.05 Å². The van der Waals surface area contributed by atoms with Crippen molar-refractivity contribution in [3.05, 3.63) is 51.8 Å². The van der Waals surface area contributed by atoms with E-state index in [1.54, 1.807) is 31.3 Å². The molecular formula is C15H12ClN3O2. The lowest BCUT2D eigenvalue weighted by atomic mass is 10.1. The van der Waals surface area contributed by atoms with Crippen LogP contribution in [0.1, 0.15) is 0 Å². The van der Waals surface area contributed by atoms with Gasteiger partial charge < -0.3 is 4.74 Å². The van der Waals surface area contributed by atoms with Crippen LogP contribution in [-0.4, -0.2) is 21.6 Å². The third-order valence-electron chi connectivity index (χ3n) is 3.22. The number of pyridine rings is 1. The van der Waals surface area contributed by atoms with Gasteiger partial charge in [0.25, 0.3) is 5.56 Å². The highest BCUT2D eigenvalue weighted by molar-refractivity contribution is 6.30. The van der Waals surface area contributed by atoms with Crippen LogP contribution in [0, 0.1) is 0 Å². The summed E-state index contributed by atoms with van der Waals surface area (Å²) >= 11 is 5.88. The zero-order chi connectivity index (χ0) is 15.0. The zero-order valence-corrected chi connectivity index (χ0v) is 12.3. The van der Waals surface area contributed by atoms with Crippen molar-refractivity contribution in [1.82, 2.24) is 14.5 Å².